The molecule has 0 spiro atoms. The number of amides is 1. The van der Waals surface area contributed by atoms with E-state index in [1.165, 1.54) is 31.5 Å². The highest BCUT2D eigenvalue weighted by Crippen LogP contribution is 2.29. The number of benzene rings is 2. The largest absolute Gasteiger partial charge is 0.318 e. The van der Waals surface area contributed by atoms with Crippen molar-refractivity contribution in [3.8, 4) is 11.5 Å². The number of rotatable bonds is 7. The number of hydrogen-bond donors (Lipinski definition) is 2. The zero-order valence-electron chi connectivity index (χ0n) is 18.3. The van der Waals surface area contributed by atoms with Crippen LogP contribution in [0.25, 0.3) is 22.6 Å². The third kappa shape index (κ3) is 4.56. The second-order valence-corrected chi connectivity index (χ2v) is 9.16. The fourth-order valence-corrected chi connectivity index (χ4v) is 4.45. The van der Waals surface area contributed by atoms with Gasteiger partial charge in [-0.1, -0.05) is 24.3 Å². The molecule has 0 saturated heterocycles. The van der Waals surface area contributed by atoms with Crippen LogP contribution in [0.5, 0.6) is 0 Å². The van der Waals surface area contributed by atoms with Crippen molar-refractivity contribution in [3.05, 3.63) is 72.6 Å². The average molecular weight is 491 g/mol. The molecule has 3 heterocycles. The first kappa shape index (κ1) is 22.2. The monoisotopic (exact) mass is 490 g/mol. The summed E-state index contributed by atoms with van der Waals surface area (Å²) in [7, 11) is -3.85. The van der Waals surface area contributed by atoms with Gasteiger partial charge in [0.25, 0.3) is 10.0 Å². The topological polar surface area (TPSA) is 158 Å². The molecule has 35 heavy (non-hydrogen) atoms. The van der Waals surface area contributed by atoms with Gasteiger partial charge in [0.05, 0.1) is 15.9 Å². The smallest absolute Gasteiger partial charge is 0.264 e. The first-order chi connectivity index (χ1) is 16.9. The Balaban J connectivity index is 1.48. The number of imidazole rings is 1. The molecule has 5 rings (SSSR count). The number of carbonyl (C=O) groups is 1. The molecule has 13 heteroatoms. The third-order valence-corrected chi connectivity index (χ3v) is 6.36. The minimum absolute atomic E-state index is 0.0118. The number of para-hydroxylation sites is 2. The van der Waals surface area contributed by atoms with E-state index in [-0.39, 0.29) is 28.3 Å². The van der Waals surface area contributed by atoms with Crippen molar-refractivity contribution >= 4 is 38.7 Å². The van der Waals surface area contributed by atoms with Crippen LogP contribution in [0.2, 0.25) is 0 Å². The van der Waals surface area contributed by atoms with Crippen LogP contribution in [0.3, 0.4) is 0 Å². The lowest BCUT2D eigenvalue weighted by Gasteiger charge is -2.10. The molecule has 0 bridgehead atoms. The molecule has 2 N–H and O–H groups in total. The predicted octanol–water partition coefficient (Wildman–Crippen LogP) is 2.68. The van der Waals surface area contributed by atoms with E-state index in [4.69, 9.17) is 4.63 Å². The van der Waals surface area contributed by atoms with E-state index in [9.17, 15) is 13.2 Å². The summed E-state index contributed by atoms with van der Waals surface area (Å²) in [4.78, 5) is 24.1. The van der Waals surface area contributed by atoms with Gasteiger partial charge in [-0.3, -0.25) is 4.79 Å². The minimum Gasteiger partial charge on any atom is -0.318 e. The fraction of sp³-hybridized carbons (Fsp3) is 0.0909. The van der Waals surface area contributed by atoms with Crippen LogP contribution in [0.15, 0.2) is 76.5 Å². The van der Waals surface area contributed by atoms with Crippen molar-refractivity contribution in [3.63, 3.8) is 0 Å². The number of nitrogens with one attached hydrogen (secondary N) is 2. The summed E-state index contributed by atoms with van der Waals surface area (Å²) in [6.45, 7) is 1.70. The van der Waals surface area contributed by atoms with Crippen molar-refractivity contribution in [2.24, 2.45) is 0 Å². The lowest BCUT2D eigenvalue weighted by Crippen LogP contribution is -2.15. The van der Waals surface area contributed by atoms with Gasteiger partial charge in [-0.05, 0) is 46.2 Å². The summed E-state index contributed by atoms with van der Waals surface area (Å²) in [6, 6.07) is 15.5. The van der Waals surface area contributed by atoms with Gasteiger partial charge in [-0.2, -0.15) is 0 Å². The zero-order valence-corrected chi connectivity index (χ0v) is 19.1. The van der Waals surface area contributed by atoms with Gasteiger partial charge in [0.2, 0.25) is 17.7 Å². The van der Waals surface area contributed by atoms with Crippen LogP contribution >= 0.6 is 0 Å². The van der Waals surface area contributed by atoms with Crippen molar-refractivity contribution < 1.29 is 17.8 Å². The Morgan fingerprint density at radius 1 is 1.00 bits per heavy atom. The summed E-state index contributed by atoms with van der Waals surface area (Å²) >= 11 is 0. The number of anilines is 2. The normalized spacial score (nSPS) is 11.5. The number of fused-ring (bicyclic) bond motifs is 1. The number of nitrogens with zero attached hydrogens (tertiary/aromatic N) is 6. The van der Waals surface area contributed by atoms with Crippen LogP contribution in [0.4, 0.5) is 11.8 Å². The number of aromatic nitrogens is 6. The van der Waals surface area contributed by atoms with E-state index in [2.05, 4.69) is 35.3 Å². The van der Waals surface area contributed by atoms with Gasteiger partial charge in [-0.25, -0.2) is 32.7 Å². The van der Waals surface area contributed by atoms with Crippen molar-refractivity contribution in [2.45, 2.75) is 18.4 Å². The van der Waals surface area contributed by atoms with E-state index < -0.39 is 10.0 Å². The molecule has 176 valence electrons. The maximum Gasteiger partial charge on any atom is 0.264 e. The highest BCUT2D eigenvalue weighted by atomic mass is 32.2. The van der Waals surface area contributed by atoms with E-state index in [0.717, 1.165) is 11.1 Å². The van der Waals surface area contributed by atoms with E-state index in [0.29, 0.717) is 17.9 Å². The maximum absolute atomic E-state index is 12.7. The molecule has 0 radical (unpaired) electrons. The standard InChI is InChI=1S/C22H18N8O4S/c1-14(31)25-20-19(27-34-28-20)21-26-17-5-2-3-6-18(17)30(21)13-15-7-9-16(10-8-15)35(32,33)29-22-23-11-4-12-24-22/h2-12H,13H2,1H3,(H,23,24,29)(H,25,28,31). The lowest BCUT2D eigenvalue weighted by atomic mass is 10.2. The lowest BCUT2D eigenvalue weighted by molar-refractivity contribution is -0.114. The minimum atomic E-state index is -3.85. The molecule has 3 aromatic heterocycles. The molecule has 0 unspecified atom stereocenters. The summed E-state index contributed by atoms with van der Waals surface area (Å²) in [5.74, 6) is 0.263. The molecule has 1 amide bonds. The van der Waals surface area contributed by atoms with Crippen LogP contribution in [-0.2, 0) is 21.4 Å². The molecule has 5 aromatic rings. The van der Waals surface area contributed by atoms with Crippen LogP contribution in [0.1, 0.15) is 12.5 Å². The third-order valence-electron chi connectivity index (χ3n) is 5.02. The Labute approximate surface area is 199 Å². The molecule has 0 aliphatic rings. The Hall–Kier alpha value is -4.65. The maximum atomic E-state index is 12.7. The molecule has 0 fully saturated rings. The predicted molar refractivity (Wildman–Crippen MR) is 126 cm³/mol. The number of hydrogen-bond acceptors (Lipinski definition) is 9. The quantitative estimate of drug-likeness (QED) is 0.350. The van der Waals surface area contributed by atoms with E-state index >= 15 is 0 Å². The number of sulfonamides is 1. The van der Waals surface area contributed by atoms with Crippen molar-refractivity contribution in [1.29, 1.82) is 0 Å². The number of carbonyl (C=O) groups excluding carboxylic acids is 1. The first-order valence-electron chi connectivity index (χ1n) is 10.4. The summed E-state index contributed by atoms with van der Waals surface area (Å²) < 4.78 is 34.4. The average Bonchev–Trinajstić information content (AvgIpc) is 3.44. The summed E-state index contributed by atoms with van der Waals surface area (Å²) in [5, 5.41) is 10.3. The van der Waals surface area contributed by atoms with Gasteiger partial charge < -0.3 is 9.88 Å². The molecule has 0 aliphatic carbocycles. The second-order valence-electron chi connectivity index (χ2n) is 7.47. The molecule has 2 aromatic carbocycles. The Kier molecular flexibility index (Phi) is 5.66. The van der Waals surface area contributed by atoms with Crippen LogP contribution in [0, 0.1) is 0 Å². The Morgan fingerprint density at radius 2 is 1.74 bits per heavy atom. The molecule has 0 atom stereocenters. The summed E-state index contributed by atoms with van der Waals surface area (Å²) in [5.41, 5.74) is 2.62. The van der Waals surface area contributed by atoms with Gasteiger partial charge >= 0.3 is 0 Å². The fourth-order valence-electron chi connectivity index (χ4n) is 3.49. The van der Waals surface area contributed by atoms with E-state index in [1.54, 1.807) is 18.2 Å². The zero-order chi connectivity index (χ0) is 24.4. The second kappa shape index (κ2) is 8.95. The van der Waals surface area contributed by atoms with Gasteiger partial charge in [0.1, 0.15) is 0 Å². The van der Waals surface area contributed by atoms with Crippen molar-refractivity contribution in [1.82, 2.24) is 29.8 Å². The summed E-state index contributed by atoms with van der Waals surface area (Å²) in [6.07, 6.45) is 2.89. The van der Waals surface area contributed by atoms with Gasteiger partial charge in [-0.15, -0.1) is 0 Å². The van der Waals surface area contributed by atoms with Gasteiger partial charge in [0, 0.05) is 25.9 Å². The Morgan fingerprint density at radius 3 is 2.49 bits per heavy atom. The van der Waals surface area contributed by atoms with Crippen LogP contribution in [-0.4, -0.2) is 44.2 Å². The van der Waals surface area contributed by atoms with E-state index in [1.807, 2.05) is 28.8 Å². The van der Waals surface area contributed by atoms with Gasteiger partial charge in [0.15, 0.2) is 11.5 Å². The highest BCUT2D eigenvalue weighted by Gasteiger charge is 2.22. The molecule has 0 saturated carbocycles. The first-order valence-corrected chi connectivity index (χ1v) is 11.8. The molecule has 12 nitrogen and oxygen atoms in total. The molecule has 0 aliphatic heterocycles. The SMILES string of the molecule is CC(=O)Nc1nonc1-c1nc2ccccc2n1Cc1ccc(S(=O)(=O)Nc2ncccn2)cc1. The van der Waals surface area contributed by atoms with Crippen molar-refractivity contribution in [2.75, 3.05) is 10.0 Å². The molecular formula is C22H18N8O4S. The highest BCUT2D eigenvalue weighted by molar-refractivity contribution is 7.92. The Bertz CT molecular complexity index is 1610. The molecular weight excluding hydrogens is 472 g/mol. The van der Waals surface area contributed by atoms with Crippen LogP contribution < -0.4 is 10.0 Å².